The SMILES string of the molecule is Cc1ncnn1-c1ccc(Nc2nc3n(n2)CCCCC3c2ccc(OCC(F)(F)F)cc2)cc1F. The molecule has 0 aliphatic carbocycles. The Morgan fingerprint density at radius 1 is 1.11 bits per heavy atom. The second-order valence-electron chi connectivity index (χ2n) is 8.55. The summed E-state index contributed by atoms with van der Waals surface area (Å²) in [6.45, 7) is 1.09. The molecule has 1 unspecified atom stereocenters. The van der Waals surface area contributed by atoms with Crippen molar-refractivity contribution in [2.24, 2.45) is 0 Å². The lowest BCUT2D eigenvalue weighted by molar-refractivity contribution is -0.153. The zero-order chi connectivity index (χ0) is 25.3. The molecule has 1 atom stereocenters. The van der Waals surface area contributed by atoms with Crippen LogP contribution in [0.4, 0.5) is 29.2 Å². The molecule has 0 fully saturated rings. The van der Waals surface area contributed by atoms with Crippen LogP contribution in [0.1, 0.15) is 42.4 Å². The van der Waals surface area contributed by atoms with Gasteiger partial charge >= 0.3 is 6.18 Å². The molecule has 0 bridgehead atoms. The van der Waals surface area contributed by atoms with Gasteiger partial charge < -0.3 is 10.1 Å². The van der Waals surface area contributed by atoms with Crippen LogP contribution in [-0.4, -0.2) is 42.3 Å². The first-order chi connectivity index (χ1) is 17.3. The first-order valence-electron chi connectivity index (χ1n) is 11.4. The number of aryl methyl sites for hydroxylation is 2. The number of nitrogens with one attached hydrogen (secondary N) is 1. The second-order valence-corrected chi connectivity index (χ2v) is 8.55. The maximum absolute atomic E-state index is 14.8. The van der Waals surface area contributed by atoms with Crippen LogP contribution in [0.15, 0.2) is 48.8 Å². The molecule has 0 spiro atoms. The standard InChI is InChI=1S/C24H23F4N7O/c1-15-29-14-30-35(15)21-10-7-17(12-20(21)25)31-23-32-22-19(4-2-3-11-34(22)33-23)16-5-8-18(9-6-16)36-13-24(26,27)28/h5-10,12,14,19H,2-4,11,13H2,1H3,(H,31,33). The summed E-state index contributed by atoms with van der Waals surface area (Å²) < 4.78 is 60.1. The van der Waals surface area contributed by atoms with E-state index in [2.05, 4.69) is 25.5 Å². The van der Waals surface area contributed by atoms with Gasteiger partial charge in [0.15, 0.2) is 12.4 Å². The van der Waals surface area contributed by atoms with Gasteiger partial charge in [0.05, 0.1) is 0 Å². The van der Waals surface area contributed by atoms with Crippen LogP contribution in [0.25, 0.3) is 5.69 Å². The summed E-state index contributed by atoms with van der Waals surface area (Å²) in [6.07, 6.45) is -0.332. The van der Waals surface area contributed by atoms with E-state index in [1.807, 2.05) is 4.68 Å². The van der Waals surface area contributed by atoms with E-state index in [1.165, 1.54) is 29.2 Å². The van der Waals surface area contributed by atoms with Gasteiger partial charge in [0.2, 0.25) is 5.95 Å². The van der Waals surface area contributed by atoms with Gasteiger partial charge in [-0.15, -0.1) is 5.10 Å². The Hall–Kier alpha value is -3.96. The van der Waals surface area contributed by atoms with Crippen molar-refractivity contribution in [3.8, 4) is 11.4 Å². The highest BCUT2D eigenvalue weighted by atomic mass is 19.4. The van der Waals surface area contributed by atoms with Gasteiger partial charge in [0.1, 0.15) is 29.4 Å². The number of aromatic nitrogens is 6. The zero-order valence-corrected chi connectivity index (χ0v) is 19.3. The van der Waals surface area contributed by atoms with Gasteiger partial charge in [-0.05, 0) is 55.7 Å². The maximum Gasteiger partial charge on any atom is 0.422 e. The van der Waals surface area contributed by atoms with Crippen LogP contribution < -0.4 is 10.1 Å². The topological polar surface area (TPSA) is 82.7 Å². The van der Waals surface area contributed by atoms with E-state index in [0.29, 0.717) is 24.0 Å². The molecule has 2 aromatic carbocycles. The summed E-state index contributed by atoms with van der Waals surface area (Å²) in [4.78, 5) is 8.70. The monoisotopic (exact) mass is 501 g/mol. The third-order valence-corrected chi connectivity index (χ3v) is 5.96. The summed E-state index contributed by atoms with van der Waals surface area (Å²) in [5.74, 6) is 1.25. The van der Waals surface area contributed by atoms with Crippen molar-refractivity contribution in [3.05, 3.63) is 71.8 Å². The molecule has 4 aromatic rings. The highest BCUT2D eigenvalue weighted by molar-refractivity contribution is 5.56. The molecule has 12 heteroatoms. The fourth-order valence-corrected chi connectivity index (χ4v) is 4.27. The van der Waals surface area contributed by atoms with Crippen LogP contribution in [0.3, 0.4) is 0 Å². The van der Waals surface area contributed by atoms with Gasteiger partial charge in [0.25, 0.3) is 0 Å². The first kappa shape index (κ1) is 23.8. The number of hydrogen-bond donors (Lipinski definition) is 1. The average Bonchev–Trinajstić information content (AvgIpc) is 3.38. The van der Waals surface area contributed by atoms with E-state index in [1.54, 1.807) is 31.2 Å². The molecule has 0 radical (unpaired) electrons. The third kappa shape index (κ3) is 5.16. The Kier molecular flexibility index (Phi) is 6.33. The van der Waals surface area contributed by atoms with Crippen LogP contribution in [0, 0.1) is 12.7 Å². The molecule has 5 rings (SSSR count). The zero-order valence-electron chi connectivity index (χ0n) is 19.3. The molecule has 36 heavy (non-hydrogen) atoms. The molecular formula is C24H23F4N7O. The molecule has 3 heterocycles. The summed E-state index contributed by atoms with van der Waals surface area (Å²) in [6, 6.07) is 11.2. The van der Waals surface area contributed by atoms with Crippen LogP contribution >= 0.6 is 0 Å². The number of anilines is 2. The number of halogens is 4. The summed E-state index contributed by atoms with van der Waals surface area (Å²) in [5.41, 5.74) is 1.68. The maximum atomic E-state index is 14.8. The smallest absolute Gasteiger partial charge is 0.422 e. The fraction of sp³-hybridized carbons (Fsp3) is 0.333. The largest absolute Gasteiger partial charge is 0.484 e. The van der Waals surface area contributed by atoms with Crippen molar-refractivity contribution < 1.29 is 22.3 Å². The Morgan fingerprint density at radius 3 is 2.61 bits per heavy atom. The quantitative estimate of drug-likeness (QED) is 0.361. The van der Waals surface area contributed by atoms with Crippen LogP contribution in [0.5, 0.6) is 5.75 Å². The molecule has 2 aromatic heterocycles. The van der Waals surface area contributed by atoms with Gasteiger partial charge in [-0.25, -0.2) is 18.7 Å². The number of benzene rings is 2. The normalized spacial score (nSPS) is 15.9. The number of rotatable bonds is 6. The minimum absolute atomic E-state index is 0.0818. The lowest BCUT2D eigenvalue weighted by Gasteiger charge is -2.15. The Labute approximate surface area is 203 Å². The first-order valence-corrected chi connectivity index (χ1v) is 11.4. The Balaban J connectivity index is 1.35. The third-order valence-electron chi connectivity index (χ3n) is 5.96. The lowest BCUT2D eigenvalue weighted by atomic mass is 9.93. The highest BCUT2D eigenvalue weighted by Gasteiger charge is 2.29. The minimum atomic E-state index is -4.39. The molecule has 1 aliphatic rings. The van der Waals surface area contributed by atoms with Crippen molar-refractivity contribution in [1.82, 2.24) is 29.5 Å². The summed E-state index contributed by atoms with van der Waals surface area (Å²) >= 11 is 0. The van der Waals surface area contributed by atoms with Crippen LogP contribution in [-0.2, 0) is 6.54 Å². The Bertz CT molecular complexity index is 1350. The fourth-order valence-electron chi connectivity index (χ4n) is 4.27. The van der Waals surface area contributed by atoms with E-state index in [0.717, 1.165) is 30.7 Å². The molecule has 0 amide bonds. The van der Waals surface area contributed by atoms with Gasteiger partial charge in [-0.1, -0.05) is 18.6 Å². The van der Waals surface area contributed by atoms with E-state index in [9.17, 15) is 17.6 Å². The average molecular weight is 501 g/mol. The van der Waals surface area contributed by atoms with E-state index < -0.39 is 18.6 Å². The predicted octanol–water partition coefficient (Wildman–Crippen LogP) is 5.31. The molecule has 1 N–H and O–H groups in total. The van der Waals surface area contributed by atoms with E-state index in [4.69, 9.17) is 4.74 Å². The molecule has 188 valence electrons. The minimum Gasteiger partial charge on any atom is -0.484 e. The van der Waals surface area contributed by atoms with Crippen molar-refractivity contribution in [3.63, 3.8) is 0 Å². The predicted molar refractivity (Wildman–Crippen MR) is 123 cm³/mol. The second kappa shape index (κ2) is 9.59. The number of ether oxygens (including phenoxy) is 1. The van der Waals surface area contributed by atoms with E-state index in [-0.39, 0.29) is 17.4 Å². The number of fused-ring (bicyclic) bond motifs is 1. The summed E-state index contributed by atoms with van der Waals surface area (Å²) in [7, 11) is 0. The molecule has 8 nitrogen and oxygen atoms in total. The van der Waals surface area contributed by atoms with Crippen LogP contribution in [0.2, 0.25) is 0 Å². The van der Waals surface area contributed by atoms with E-state index >= 15 is 0 Å². The van der Waals surface area contributed by atoms with Gasteiger partial charge in [-0.3, -0.25) is 0 Å². The highest BCUT2D eigenvalue weighted by Crippen LogP contribution is 2.33. The van der Waals surface area contributed by atoms with Crippen molar-refractivity contribution in [2.75, 3.05) is 11.9 Å². The van der Waals surface area contributed by atoms with Crippen molar-refractivity contribution >= 4 is 11.6 Å². The van der Waals surface area contributed by atoms with Crippen molar-refractivity contribution in [2.45, 2.75) is 44.8 Å². The number of nitrogens with zero attached hydrogens (tertiary/aromatic N) is 6. The lowest BCUT2D eigenvalue weighted by Crippen LogP contribution is -2.19. The Morgan fingerprint density at radius 2 is 1.92 bits per heavy atom. The van der Waals surface area contributed by atoms with Gasteiger partial charge in [-0.2, -0.15) is 23.3 Å². The number of alkyl halides is 3. The molecule has 1 aliphatic heterocycles. The van der Waals surface area contributed by atoms with Crippen molar-refractivity contribution in [1.29, 1.82) is 0 Å². The molecular weight excluding hydrogens is 478 g/mol. The summed E-state index contributed by atoms with van der Waals surface area (Å²) in [5, 5.41) is 11.7. The molecule has 0 saturated heterocycles. The van der Waals surface area contributed by atoms with Gasteiger partial charge in [0, 0.05) is 18.2 Å². The number of hydrogen-bond acceptors (Lipinski definition) is 6. The molecule has 0 saturated carbocycles.